The van der Waals surface area contributed by atoms with Gasteiger partial charge < -0.3 is 28.9 Å². The fraction of sp³-hybridized carbons (Fsp3) is 0.583. The van der Waals surface area contributed by atoms with Gasteiger partial charge in [-0.2, -0.15) is 0 Å². The van der Waals surface area contributed by atoms with Crippen molar-refractivity contribution < 1.29 is 38.3 Å². The fourth-order valence-electron chi connectivity index (χ4n) is 2.21. The molecule has 4 atom stereocenters. The van der Waals surface area contributed by atoms with E-state index in [1.807, 2.05) is 4.98 Å². The first-order valence-electron chi connectivity index (χ1n) is 7.24. The van der Waals surface area contributed by atoms with Gasteiger partial charge in [0.05, 0.1) is 19.9 Å². The topological polar surface area (TPSA) is 166 Å². The summed E-state index contributed by atoms with van der Waals surface area (Å²) >= 11 is 10.5. The third kappa shape index (κ3) is 5.55. The largest absolute Gasteiger partial charge is 0.475 e. The van der Waals surface area contributed by atoms with Gasteiger partial charge in [0.25, 0.3) is 5.56 Å². The molecule has 1 fully saturated rings. The highest BCUT2D eigenvalue weighted by Crippen LogP contribution is 2.57. The van der Waals surface area contributed by atoms with Gasteiger partial charge in [-0.1, -0.05) is 0 Å². The molecular formula is C12H15Cl2N2O10P. The lowest BCUT2D eigenvalue weighted by molar-refractivity contribution is -0.142. The van der Waals surface area contributed by atoms with Crippen LogP contribution >= 0.6 is 28.6 Å². The molecule has 27 heavy (non-hydrogen) atoms. The van der Waals surface area contributed by atoms with Crippen LogP contribution in [-0.4, -0.2) is 64.4 Å². The van der Waals surface area contributed by atoms with Gasteiger partial charge in [0, 0.05) is 0 Å². The number of methoxy groups -OCH3 is 1. The summed E-state index contributed by atoms with van der Waals surface area (Å²) in [5, 5.41) is 20.1. The average Bonchev–Trinajstić information content (AvgIpc) is 2.86. The maximum atomic E-state index is 12.0. The van der Waals surface area contributed by atoms with E-state index in [2.05, 4.69) is 9.26 Å². The number of aliphatic hydroxyl groups excluding tert-OH is 2. The Labute approximate surface area is 160 Å². The lowest BCUT2D eigenvalue weighted by atomic mass is 10.1. The Balaban J connectivity index is 2.23. The minimum Gasteiger partial charge on any atom is -0.475 e. The van der Waals surface area contributed by atoms with Crippen molar-refractivity contribution in [2.75, 3.05) is 20.3 Å². The third-order valence-corrected chi connectivity index (χ3v) is 4.54. The van der Waals surface area contributed by atoms with Crippen LogP contribution in [0, 0.1) is 0 Å². The lowest BCUT2D eigenvalue weighted by Crippen LogP contribution is -2.38. The van der Waals surface area contributed by atoms with E-state index in [9.17, 15) is 29.2 Å². The fourth-order valence-corrected chi connectivity index (χ4v) is 2.87. The zero-order chi connectivity index (χ0) is 20.4. The van der Waals surface area contributed by atoms with Gasteiger partial charge in [-0.05, 0) is 22.5 Å². The van der Waals surface area contributed by atoms with Crippen molar-refractivity contribution in [3.63, 3.8) is 0 Å². The number of carbonyl (C=O) groups excluding carboxylic acids is 1. The first-order chi connectivity index (χ1) is 12.5. The number of hydrogen-bond donors (Lipinski definition) is 3. The molecule has 0 aromatic carbocycles. The molecule has 0 spiro atoms. The molecule has 2 heterocycles. The van der Waals surface area contributed by atoms with Crippen LogP contribution in [-0.2, 0) is 23.4 Å². The number of ether oxygens (including phenoxy) is 3. The minimum absolute atomic E-state index is 0.434. The number of carbonyl (C=O) groups is 1. The van der Waals surface area contributed by atoms with E-state index in [1.165, 1.54) is 0 Å². The van der Waals surface area contributed by atoms with E-state index >= 15 is 0 Å². The van der Waals surface area contributed by atoms with Crippen molar-refractivity contribution in [3.8, 4) is 5.75 Å². The normalized spacial score (nSPS) is 25.4. The number of aliphatic hydroxyl groups is 2. The standard InChI is InChI=1S/C12H15Cl2N2O10P/c1-23-7(17)4-24-5-2-16(12(21)15-10(5)20)11-9(19)8(18)6(26-11)3-25-27(13,14)22/h2,6,8-9,11,18-19H,3-4H2,1H3,(H,15,20,21)/t6-,8?,9+,11-/m1/s1. The minimum atomic E-state index is -3.91. The second kappa shape index (κ2) is 8.74. The van der Waals surface area contributed by atoms with Crippen LogP contribution in [0.25, 0.3) is 0 Å². The monoisotopic (exact) mass is 448 g/mol. The highest BCUT2D eigenvalue weighted by atomic mass is 35.9. The predicted octanol–water partition coefficient (Wildman–Crippen LogP) is -0.690. The summed E-state index contributed by atoms with van der Waals surface area (Å²) < 4.78 is 31.2. The number of aromatic amines is 1. The van der Waals surface area contributed by atoms with Crippen LogP contribution in [0.4, 0.5) is 0 Å². The van der Waals surface area contributed by atoms with Crippen molar-refractivity contribution in [1.29, 1.82) is 0 Å². The zero-order valence-corrected chi connectivity index (χ0v) is 16.0. The van der Waals surface area contributed by atoms with Crippen LogP contribution in [0.15, 0.2) is 15.8 Å². The lowest BCUT2D eigenvalue weighted by Gasteiger charge is -2.18. The van der Waals surface area contributed by atoms with Crippen molar-refractivity contribution in [1.82, 2.24) is 9.55 Å². The average molecular weight is 449 g/mol. The number of aromatic nitrogens is 2. The summed E-state index contributed by atoms with van der Waals surface area (Å²) in [7, 11) is 1.11. The molecule has 152 valence electrons. The van der Waals surface area contributed by atoms with Gasteiger partial charge in [-0.25, -0.2) is 9.59 Å². The molecule has 1 saturated heterocycles. The summed E-state index contributed by atoms with van der Waals surface area (Å²) in [5.74, 6) is -1.21. The molecule has 0 bridgehead atoms. The van der Waals surface area contributed by atoms with E-state index in [0.717, 1.165) is 17.9 Å². The summed E-state index contributed by atoms with van der Waals surface area (Å²) in [5.41, 5.74) is -1.91. The summed E-state index contributed by atoms with van der Waals surface area (Å²) in [6.07, 6.45) is -8.87. The zero-order valence-electron chi connectivity index (χ0n) is 13.6. The van der Waals surface area contributed by atoms with Crippen LogP contribution in [0.1, 0.15) is 6.23 Å². The molecule has 2 rings (SSSR count). The molecule has 0 saturated carbocycles. The van der Waals surface area contributed by atoms with Gasteiger partial charge in [-0.3, -0.25) is 18.9 Å². The number of halogens is 2. The quantitative estimate of drug-likeness (QED) is 0.358. The number of nitrogens with zero attached hydrogens (tertiary/aromatic N) is 1. The molecule has 15 heteroatoms. The van der Waals surface area contributed by atoms with E-state index in [1.54, 1.807) is 0 Å². The van der Waals surface area contributed by atoms with Crippen LogP contribution in [0.3, 0.4) is 0 Å². The number of rotatable bonds is 7. The molecule has 12 nitrogen and oxygen atoms in total. The highest BCUT2D eigenvalue weighted by Gasteiger charge is 2.45. The number of H-pyrrole nitrogens is 1. The second-order valence-corrected chi connectivity index (χ2v) is 9.56. The Kier molecular flexibility index (Phi) is 7.09. The SMILES string of the molecule is COC(=O)COc1cn([C@@H]2O[C@H](COP(=O)(Cl)Cl)C(O)[C@@H]2O)c(=O)[nH]c1=O. The van der Waals surface area contributed by atoms with Crippen molar-refractivity contribution in [3.05, 3.63) is 27.0 Å². The molecule has 1 aromatic heterocycles. The van der Waals surface area contributed by atoms with Crippen molar-refractivity contribution >= 4 is 34.5 Å². The number of nitrogens with one attached hydrogen (secondary N) is 1. The van der Waals surface area contributed by atoms with Gasteiger partial charge >= 0.3 is 17.7 Å². The third-order valence-electron chi connectivity index (χ3n) is 3.51. The van der Waals surface area contributed by atoms with Gasteiger partial charge in [0.1, 0.15) is 18.3 Å². The van der Waals surface area contributed by atoms with E-state index < -0.39 is 66.8 Å². The molecular weight excluding hydrogens is 434 g/mol. The number of esters is 1. The van der Waals surface area contributed by atoms with Gasteiger partial charge in [-0.15, -0.1) is 0 Å². The maximum Gasteiger partial charge on any atom is 0.380 e. The summed E-state index contributed by atoms with van der Waals surface area (Å²) in [4.78, 5) is 36.8. The van der Waals surface area contributed by atoms with Gasteiger partial charge in [0.15, 0.2) is 12.8 Å². The van der Waals surface area contributed by atoms with E-state index in [-0.39, 0.29) is 0 Å². The number of hydrogen-bond acceptors (Lipinski definition) is 10. The first kappa shape index (κ1) is 21.9. The first-order valence-corrected chi connectivity index (χ1v) is 10.7. The molecule has 0 aliphatic carbocycles. The van der Waals surface area contributed by atoms with Crippen LogP contribution in [0.2, 0.25) is 0 Å². The summed E-state index contributed by atoms with van der Waals surface area (Å²) in [6, 6.07) is 0. The smallest absolute Gasteiger partial charge is 0.380 e. The molecule has 1 aliphatic heterocycles. The Morgan fingerprint density at radius 1 is 1.37 bits per heavy atom. The second-order valence-electron chi connectivity index (χ2n) is 5.28. The highest BCUT2D eigenvalue weighted by molar-refractivity contribution is 8.05. The molecule has 0 radical (unpaired) electrons. The molecule has 1 unspecified atom stereocenters. The van der Waals surface area contributed by atoms with Crippen molar-refractivity contribution in [2.24, 2.45) is 0 Å². The Morgan fingerprint density at radius 2 is 2.04 bits per heavy atom. The Hall–Kier alpha value is -1.40. The summed E-state index contributed by atoms with van der Waals surface area (Å²) in [6.45, 7) is -1.14. The molecule has 1 aromatic rings. The molecule has 1 aliphatic rings. The predicted molar refractivity (Wildman–Crippen MR) is 90.0 cm³/mol. The molecule has 3 N–H and O–H groups in total. The molecule has 0 amide bonds. The van der Waals surface area contributed by atoms with Crippen LogP contribution < -0.4 is 16.0 Å². The van der Waals surface area contributed by atoms with Crippen LogP contribution in [0.5, 0.6) is 5.75 Å². The van der Waals surface area contributed by atoms with Crippen molar-refractivity contribution in [2.45, 2.75) is 24.5 Å². The Morgan fingerprint density at radius 3 is 2.63 bits per heavy atom. The maximum absolute atomic E-state index is 12.0. The van der Waals surface area contributed by atoms with E-state index in [4.69, 9.17) is 32.0 Å². The van der Waals surface area contributed by atoms with E-state index in [0.29, 0.717) is 0 Å². The van der Waals surface area contributed by atoms with Gasteiger partial charge in [0.2, 0.25) is 5.75 Å². The Bertz CT molecular complexity index is 851.